The SMILES string of the molecule is C[C@@H](Cn1nnc2ccccc21)NC(=O)c1ccc2c(c1)OCO2. The highest BCUT2D eigenvalue weighted by Gasteiger charge is 2.17. The summed E-state index contributed by atoms with van der Waals surface area (Å²) in [4.78, 5) is 12.4. The van der Waals surface area contributed by atoms with Crippen molar-refractivity contribution in [2.45, 2.75) is 19.5 Å². The van der Waals surface area contributed by atoms with Gasteiger partial charge in [0.05, 0.1) is 12.1 Å². The highest BCUT2D eigenvalue weighted by molar-refractivity contribution is 5.95. The Bertz CT molecular complexity index is 906. The molecule has 0 saturated carbocycles. The zero-order valence-electron chi connectivity index (χ0n) is 13.1. The van der Waals surface area contributed by atoms with E-state index in [0.717, 1.165) is 11.0 Å². The lowest BCUT2D eigenvalue weighted by Gasteiger charge is -2.14. The van der Waals surface area contributed by atoms with Crippen LogP contribution >= 0.6 is 0 Å². The lowest BCUT2D eigenvalue weighted by molar-refractivity contribution is 0.0935. The summed E-state index contributed by atoms with van der Waals surface area (Å²) in [5.74, 6) is 1.09. The van der Waals surface area contributed by atoms with Crippen LogP contribution in [0.25, 0.3) is 11.0 Å². The maximum Gasteiger partial charge on any atom is 0.251 e. The van der Waals surface area contributed by atoms with Crippen LogP contribution < -0.4 is 14.8 Å². The third-order valence-electron chi connectivity index (χ3n) is 3.88. The van der Waals surface area contributed by atoms with Crippen molar-refractivity contribution in [1.82, 2.24) is 20.3 Å². The molecule has 1 N–H and O–H groups in total. The molecule has 4 rings (SSSR count). The van der Waals surface area contributed by atoms with Gasteiger partial charge in [0.25, 0.3) is 5.91 Å². The molecule has 1 aliphatic rings. The number of aromatic nitrogens is 3. The van der Waals surface area contributed by atoms with E-state index in [-0.39, 0.29) is 18.7 Å². The van der Waals surface area contributed by atoms with Crippen LogP contribution in [0.15, 0.2) is 42.5 Å². The largest absolute Gasteiger partial charge is 0.454 e. The predicted molar refractivity (Wildman–Crippen MR) is 87.0 cm³/mol. The second kappa shape index (κ2) is 5.84. The third kappa shape index (κ3) is 2.64. The standard InChI is InChI=1S/C17H16N4O3/c1-11(9-21-14-5-3-2-4-13(14)19-20-21)18-17(22)12-6-7-15-16(8-12)24-10-23-15/h2-8,11H,9-10H2,1H3,(H,18,22)/t11-/m0/s1. The van der Waals surface area contributed by atoms with Gasteiger partial charge in [-0.3, -0.25) is 4.79 Å². The maximum atomic E-state index is 12.4. The van der Waals surface area contributed by atoms with Crippen LogP contribution in [0.3, 0.4) is 0 Å². The average molecular weight is 324 g/mol. The third-order valence-corrected chi connectivity index (χ3v) is 3.88. The quantitative estimate of drug-likeness (QED) is 0.794. The Morgan fingerprint density at radius 3 is 3.00 bits per heavy atom. The topological polar surface area (TPSA) is 78.3 Å². The van der Waals surface area contributed by atoms with Crippen LogP contribution in [-0.2, 0) is 6.54 Å². The molecule has 122 valence electrons. The number of amides is 1. The van der Waals surface area contributed by atoms with Crippen molar-refractivity contribution in [3.05, 3.63) is 48.0 Å². The molecule has 0 unspecified atom stereocenters. The minimum absolute atomic E-state index is 0.104. The number of hydrogen-bond acceptors (Lipinski definition) is 5. The molecule has 24 heavy (non-hydrogen) atoms. The predicted octanol–water partition coefficient (Wildman–Crippen LogP) is 1.98. The molecule has 3 aromatic rings. The molecule has 0 bridgehead atoms. The van der Waals surface area contributed by atoms with E-state index in [1.165, 1.54) is 0 Å². The second-order valence-electron chi connectivity index (χ2n) is 5.70. The van der Waals surface area contributed by atoms with Crippen molar-refractivity contribution in [3.8, 4) is 11.5 Å². The first-order valence-corrected chi connectivity index (χ1v) is 7.69. The molecular formula is C17H16N4O3. The smallest absolute Gasteiger partial charge is 0.251 e. The van der Waals surface area contributed by atoms with Gasteiger partial charge in [-0.05, 0) is 37.3 Å². The highest BCUT2D eigenvalue weighted by atomic mass is 16.7. The fourth-order valence-electron chi connectivity index (χ4n) is 2.70. The monoisotopic (exact) mass is 324 g/mol. The Morgan fingerprint density at radius 2 is 2.08 bits per heavy atom. The number of nitrogens with one attached hydrogen (secondary N) is 1. The van der Waals surface area contributed by atoms with E-state index < -0.39 is 0 Å². The summed E-state index contributed by atoms with van der Waals surface area (Å²) in [6.45, 7) is 2.66. The first-order chi connectivity index (χ1) is 11.7. The van der Waals surface area contributed by atoms with E-state index in [4.69, 9.17) is 9.47 Å². The van der Waals surface area contributed by atoms with E-state index in [2.05, 4.69) is 15.6 Å². The van der Waals surface area contributed by atoms with Gasteiger partial charge in [-0.2, -0.15) is 0 Å². The zero-order valence-corrected chi connectivity index (χ0v) is 13.1. The van der Waals surface area contributed by atoms with E-state index in [1.807, 2.05) is 31.2 Å². The van der Waals surface area contributed by atoms with Gasteiger partial charge in [0, 0.05) is 11.6 Å². The number of para-hydroxylation sites is 1. The number of rotatable bonds is 4. The van der Waals surface area contributed by atoms with Gasteiger partial charge >= 0.3 is 0 Å². The molecule has 1 amide bonds. The van der Waals surface area contributed by atoms with Gasteiger partial charge in [0.1, 0.15) is 5.52 Å². The first-order valence-electron chi connectivity index (χ1n) is 7.69. The summed E-state index contributed by atoms with van der Waals surface area (Å²) < 4.78 is 12.3. The van der Waals surface area contributed by atoms with Crippen LogP contribution in [0.4, 0.5) is 0 Å². The van der Waals surface area contributed by atoms with E-state index >= 15 is 0 Å². The van der Waals surface area contributed by atoms with Crippen molar-refractivity contribution >= 4 is 16.9 Å². The lowest BCUT2D eigenvalue weighted by Crippen LogP contribution is -2.35. The first kappa shape index (κ1) is 14.5. The normalized spacial score (nSPS) is 13.9. The number of fused-ring (bicyclic) bond motifs is 2. The summed E-state index contributed by atoms with van der Waals surface area (Å²) in [5.41, 5.74) is 2.32. The highest BCUT2D eigenvalue weighted by Crippen LogP contribution is 2.32. The zero-order chi connectivity index (χ0) is 16.5. The number of carbonyl (C=O) groups is 1. The Balaban J connectivity index is 1.45. The molecular weight excluding hydrogens is 308 g/mol. The summed E-state index contributed by atoms with van der Waals surface area (Å²) >= 11 is 0. The van der Waals surface area contributed by atoms with E-state index in [1.54, 1.807) is 22.9 Å². The molecule has 1 atom stereocenters. The van der Waals surface area contributed by atoms with Gasteiger partial charge in [-0.25, -0.2) is 4.68 Å². The Hall–Kier alpha value is -3.09. The molecule has 0 radical (unpaired) electrons. The summed E-state index contributed by atoms with van der Waals surface area (Å²) in [6.07, 6.45) is 0. The minimum atomic E-state index is -0.162. The second-order valence-corrected chi connectivity index (χ2v) is 5.70. The molecule has 7 nitrogen and oxygen atoms in total. The van der Waals surface area contributed by atoms with Crippen LogP contribution in [0, 0.1) is 0 Å². The molecule has 1 aromatic heterocycles. The molecule has 0 fully saturated rings. The number of benzene rings is 2. The molecule has 0 saturated heterocycles. The van der Waals surface area contributed by atoms with E-state index in [9.17, 15) is 4.79 Å². The number of nitrogens with zero attached hydrogens (tertiary/aromatic N) is 3. The number of carbonyl (C=O) groups excluding carboxylic acids is 1. The molecule has 0 aliphatic carbocycles. The van der Waals surface area contributed by atoms with Crippen molar-refractivity contribution in [2.75, 3.05) is 6.79 Å². The summed E-state index contributed by atoms with van der Waals surface area (Å²) in [6, 6.07) is 12.8. The molecule has 7 heteroatoms. The number of ether oxygens (including phenoxy) is 2. The van der Waals surface area contributed by atoms with Crippen LogP contribution in [0.1, 0.15) is 17.3 Å². The molecule has 2 aromatic carbocycles. The van der Waals surface area contributed by atoms with Crippen LogP contribution in [-0.4, -0.2) is 33.7 Å². The fourth-order valence-corrected chi connectivity index (χ4v) is 2.70. The number of hydrogen-bond donors (Lipinski definition) is 1. The van der Waals surface area contributed by atoms with Gasteiger partial charge in [0.15, 0.2) is 11.5 Å². The lowest BCUT2D eigenvalue weighted by atomic mass is 10.1. The minimum Gasteiger partial charge on any atom is -0.454 e. The summed E-state index contributed by atoms with van der Waals surface area (Å²) in [5, 5.41) is 11.2. The summed E-state index contributed by atoms with van der Waals surface area (Å²) in [7, 11) is 0. The Kier molecular flexibility index (Phi) is 3.53. The van der Waals surface area contributed by atoms with Crippen molar-refractivity contribution in [3.63, 3.8) is 0 Å². The fraction of sp³-hybridized carbons (Fsp3) is 0.235. The van der Waals surface area contributed by atoms with Crippen molar-refractivity contribution in [1.29, 1.82) is 0 Å². The van der Waals surface area contributed by atoms with Crippen LogP contribution in [0.5, 0.6) is 11.5 Å². The molecule has 0 spiro atoms. The Morgan fingerprint density at radius 1 is 1.25 bits per heavy atom. The van der Waals surface area contributed by atoms with Gasteiger partial charge < -0.3 is 14.8 Å². The Labute approximate surface area is 138 Å². The maximum absolute atomic E-state index is 12.4. The average Bonchev–Trinajstić information content (AvgIpc) is 3.21. The van der Waals surface area contributed by atoms with Gasteiger partial charge in [-0.15, -0.1) is 5.10 Å². The van der Waals surface area contributed by atoms with Crippen molar-refractivity contribution in [2.24, 2.45) is 0 Å². The van der Waals surface area contributed by atoms with Gasteiger partial charge in [-0.1, -0.05) is 17.3 Å². The van der Waals surface area contributed by atoms with Crippen LogP contribution in [0.2, 0.25) is 0 Å². The molecule has 2 heterocycles. The molecule has 1 aliphatic heterocycles. The van der Waals surface area contributed by atoms with E-state index in [0.29, 0.717) is 23.6 Å². The van der Waals surface area contributed by atoms with Crippen molar-refractivity contribution < 1.29 is 14.3 Å². The van der Waals surface area contributed by atoms with Gasteiger partial charge in [0.2, 0.25) is 6.79 Å².